The number of rotatable bonds is 6. The molecule has 0 bridgehead atoms. The summed E-state index contributed by atoms with van der Waals surface area (Å²) in [5.74, 6) is -1.35. The molecule has 0 aliphatic carbocycles. The fourth-order valence-corrected chi connectivity index (χ4v) is 3.66. The van der Waals surface area contributed by atoms with Gasteiger partial charge in [-0.05, 0) is 31.4 Å². The fourth-order valence-electron chi connectivity index (χ4n) is 2.61. The van der Waals surface area contributed by atoms with Gasteiger partial charge in [-0.15, -0.1) is 0 Å². The molecule has 0 radical (unpaired) electrons. The zero-order chi connectivity index (χ0) is 16.9. The molecule has 7 nitrogen and oxygen atoms in total. The molecule has 1 fully saturated rings. The number of likely N-dealkylation sites (tertiary alicyclic amines) is 1. The Balaban J connectivity index is 1.90. The molecule has 1 aliphatic heterocycles. The van der Waals surface area contributed by atoms with Crippen molar-refractivity contribution in [1.29, 1.82) is 0 Å². The molecule has 0 spiro atoms. The summed E-state index contributed by atoms with van der Waals surface area (Å²) in [4.78, 5) is 24.8. The standard InChI is InChI=1S/C15H20N2O5S/c18-14(17-11-5-4-8-13(17)15(19)20)9-10-16-23(21,22)12-6-2-1-3-7-12/h1-3,6-7,13,16H,4-5,8-11H2,(H,19,20). The number of hydrogen-bond acceptors (Lipinski definition) is 4. The predicted octanol–water partition coefficient (Wildman–Crippen LogP) is 0.821. The van der Waals surface area contributed by atoms with E-state index >= 15 is 0 Å². The van der Waals surface area contributed by atoms with Crippen molar-refractivity contribution in [3.05, 3.63) is 30.3 Å². The van der Waals surface area contributed by atoms with E-state index in [0.717, 1.165) is 12.8 Å². The van der Waals surface area contributed by atoms with Crippen molar-refractivity contribution in [2.75, 3.05) is 13.1 Å². The Morgan fingerprint density at radius 3 is 2.57 bits per heavy atom. The second-order valence-electron chi connectivity index (χ2n) is 5.40. The summed E-state index contributed by atoms with van der Waals surface area (Å²) < 4.78 is 26.4. The van der Waals surface area contributed by atoms with Crippen LogP contribution in [0, 0.1) is 0 Å². The number of nitrogens with zero attached hydrogens (tertiary/aromatic N) is 1. The van der Waals surface area contributed by atoms with Crippen LogP contribution in [0.5, 0.6) is 0 Å². The average Bonchev–Trinajstić information content (AvgIpc) is 2.55. The van der Waals surface area contributed by atoms with Gasteiger partial charge in [-0.1, -0.05) is 18.2 Å². The van der Waals surface area contributed by atoms with Gasteiger partial charge in [-0.25, -0.2) is 17.9 Å². The highest BCUT2D eigenvalue weighted by atomic mass is 32.2. The van der Waals surface area contributed by atoms with Gasteiger partial charge in [0.25, 0.3) is 0 Å². The van der Waals surface area contributed by atoms with Crippen LogP contribution in [0.1, 0.15) is 25.7 Å². The van der Waals surface area contributed by atoms with Crippen molar-refractivity contribution in [3.63, 3.8) is 0 Å². The number of benzene rings is 1. The Morgan fingerprint density at radius 2 is 1.91 bits per heavy atom. The van der Waals surface area contributed by atoms with Crippen molar-refractivity contribution in [3.8, 4) is 0 Å². The second kappa shape index (κ2) is 7.56. The molecule has 1 atom stereocenters. The first kappa shape index (κ1) is 17.4. The van der Waals surface area contributed by atoms with Crippen LogP contribution in [0.3, 0.4) is 0 Å². The Bertz CT molecular complexity index is 660. The molecule has 1 aromatic carbocycles. The normalized spacial score (nSPS) is 18.6. The minimum atomic E-state index is -3.65. The van der Waals surface area contributed by atoms with Gasteiger partial charge < -0.3 is 10.0 Å². The third-order valence-electron chi connectivity index (χ3n) is 3.79. The van der Waals surface area contributed by atoms with Crippen LogP contribution in [-0.4, -0.2) is 49.4 Å². The number of carbonyl (C=O) groups excluding carboxylic acids is 1. The van der Waals surface area contributed by atoms with Crippen LogP contribution >= 0.6 is 0 Å². The van der Waals surface area contributed by atoms with Gasteiger partial charge in [0.05, 0.1) is 4.90 Å². The van der Waals surface area contributed by atoms with Crippen molar-refractivity contribution in [1.82, 2.24) is 9.62 Å². The van der Waals surface area contributed by atoms with Crippen molar-refractivity contribution < 1.29 is 23.1 Å². The lowest BCUT2D eigenvalue weighted by Crippen LogP contribution is -2.48. The average molecular weight is 340 g/mol. The zero-order valence-electron chi connectivity index (χ0n) is 12.6. The summed E-state index contributed by atoms with van der Waals surface area (Å²) in [5, 5.41) is 9.16. The van der Waals surface area contributed by atoms with E-state index in [1.165, 1.54) is 17.0 Å². The number of hydrogen-bond donors (Lipinski definition) is 2. The van der Waals surface area contributed by atoms with E-state index in [9.17, 15) is 18.0 Å². The van der Waals surface area contributed by atoms with Crippen LogP contribution in [0.15, 0.2) is 35.2 Å². The monoisotopic (exact) mass is 340 g/mol. The summed E-state index contributed by atoms with van der Waals surface area (Å²) >= 11 is 0. The first-order chi connectivity index (χ1) is 10.9. The van der Waals surface area contributed by atoms with Crippen molar-refractivity contribution in [2.45, 2.75) is 36.6 Å². The molecule has 1 aliphatic rings. The van der Waals surface area contributed by atoms with Crippen LogP contribution in [-0.2, 0) is 19.6 Å². The number of sulfonamides is 1. The third-order valence-corrected chi connectivity index (χ3v) is 5.27. The first-order valence-electron chi connectivity index (χ1n) is 7.49. The maximum Gasteiger partial charge on any atom is 0.326 e. The van der Waals surface area contributed by atoms with Crippen LogP contribution in [0.2, 0.25) is 0 Å². The van der Waals surface area contributed by atoms with E-state index in [-0.39, 0.29) is 23.8 Å². The molecule has 2 rings (SSSR count). The number of carboxylic acids is 1. The number of amides is 1. The van der Waals surface area contributed by atoms with Crippen LogP contribution in [0.4, 0.5) is 0 Å². The Hall–Kier alpha value is -1.93. The number of carboxylic acid groups (broad SMARTS) is 1. The topological polar surface area (TPSA) is 104 Å². The SMILES string of the molecule is O=C(O)C1CCCCN1C(=O)CCNS(=O)(=O)c1ccccc1. The van der Waals surface area contributed by atoms with Gasteiger partial charge in [0.1, 0.15) is 6.04 Å². The quantitative estimate of drug-likeness (QED) is 0.798. The van der Waals surface area contributed by atoms with E-state index in [0.29, 0.717) is 13.0 Å². The van der Waals surface area contributed by atoms with E-state index in [2.05, 4.69) is 4.72 Å². The molecule has 23 heavy (non-hydrogen) atoms. The van der Waals surface area contributed by atoms with Crippen molar-refractivity contribution in [2.24, 2.45) is 0 Å². The molecule has 0 saturated carbocycles. The van der Waals surface area contributed by atoms with Gasteiger partial charge in [0.2, 0.25) is 15.9 Å². The van der Waals surface area contributed by atoms with E-state index in [4.69, 9.17) is 5.11 Å². The third kappa shape index (κ3) is 4.52. The molecular weight excluding hydrogens is 320 g/mol. The van der Waals surface area contributed by atoms with Gasteiger partial charge in [0, 0.05) is 19.5 Å². The molecule has 126 valence electrons. The molecule has 2 N–H and O–H groups in total. The lowest BCUT2D eigenvalue weighted by molar-refractivity contribution is -0.152. The number of aliphatic carboxylic acids is 1. The van der Waals surface area contributed by atoms with Gasteiger partial charge >= 0.3 is 5.97 Å². The van der Waals surface area contributed by atoms with Crippen LogP contribution in [0.25, 0.3) is 0 Å². The smallest absolute Gasteiger partial charge is 0.326 e. The Labute approximate surface area is 135 Å². The van der Waals surface area contributed by atoms with Crippen molar-refractivity contribution >= 4 is 21.9 Å². The van der Waals surface area contributed by atoms with E-state index in [1.807, 2.05) is 0 Å². The first-order valence-corrected chi connectivity index (χ1v) is 8.97. The van der Waals surface area contributed by atoms with E-state index in [1.54, 1.807) is 18.2 Å². The Kier molecular flexibility index (Phi) is 5.73. The zero-order valence-corrected chi connectivity index (χ0v) is 13.5. The molecule has 8 heteroatoms. The molecule has 1 aromatic rings. The van der Waals surface area contributed by atoms with Crippen LogP contribution < -0.4 is 4.72 Å². The molecule has 1 saturated heterocycles. The summed E-state index contributed by atoms with van der Waals surface area (Å²) in [5.41, 5.74) is 0. The highest BCUT2D eigenvalue weighted by molar-refractivity contribution is 7.89. The number of nitrogens with one attached hydrogen (secondary N) is 1. The van der Waals surface area contributed by atoms with Gasteiger partial charge in [0.15, 0.2) is 0 Å². The maximum atomic E-state index is 12.2. The molecule has 0 aromatic heterocycles. The van der Waals surface area contributed by atoms with Gasteiger partial charge in [-0.2, -0.15) is 0 Å². The summed E-state index contributed by atoms with van der Waals surface area (Å²) in [6.45, 7) is 0.347. The minimum Gasteiger partial charge on any atom is -0.480 e. The summed E-state index contributed by atoms with van der Waals surface area (Å²) in [6.07, 6.45) is 1.93. The molecular formula is C15H20N2O5S. The largest absolute Gasteiger partial charge is 0.480 e. The number of carbonyl (C=O) groups is 2. The molecule has 1 amide bonds. The second-order valence-corrected chi connectivity index (χ2v) is 7.16. The summed E-state index contributed by atoms with van der Waals surface area (Å²) in [7, 11) is -3.65. The highest BCUT2D eigenvalue weighted by Crippen LogP contribution is 2.18. The molecule has 1 heterocycles. The summed E-state index contributed by atoms with van der Waals surface area (Å²) in [6, 6.07) is 7.08. The predicted molar refractivity (Wildman–Crippen MR) is 83.2 cm³/mol. The van der Waals surface area contributed by atoms with Gasteiger partial charge in [-0.3, -0.25) is 4.79 Å². The Morgan fingerprint density at radius 1 is 1.22 bits per heavy atom. The number of piperidine rings is 1. The highest BCUT2D eigenvalue weighted by Gasteiger charge is 2.31. The molecule has 1 unspecified atom stereocenters. The minimum absolute atomic E-state index is 0.0566. The lowest BCUT2D eigenvalue weighted by atomic mass is 10.0. The van der Waals surface area contributed by atoms with E-state index < -0.39 is 22.0 Å². The fraction of sp³-hybridized carbons (Fsp3) is 0.467. The lowest BCUT2D eigenvalue weighted by Gasteiger charge is -2.33. The maximum absolute atomic E-state index is 12.2.